The molecule has 1 saturated carbocycles. The maximum atomic E-state index is 9.32. The summed E-state index contributed by atoms with van der Waals surface area (Å²) in [6.45, 7) is 2.06. The van der Waals surface area contributed by atoms with Crippen LogP contribution in [0.4, 0.5) is 0 Å². The average molecular weight is 235 g/mol. The van der Waals surface area contributed by atoms with E-state index in [0.29, 0.717) is 24.0 Å². The molecule has 2 aromatic heterocycles. The Balaban J connectivity index is 1.71. The first-order chi connectivity index (χ1) is 8.22. The van der Waals surface area contributed by atoms with Crippen molar-refractivity contribution in [2.24, 2.45) is 0 Å². The lowest BCUT2D eigenvalue weighted by molar-refractivity contribution is 0.194. The molecule has 2 heterocycles. The Morgan fingerprint density at radius 2 is 2.41 bits per heavy atom. The Bertz CT molecular complexity index is 476. The first kappa shape index (κ1) is 10.4. The highest BCUT2D eigenvalue weighted by molar-refractivity contribution is 5.02. The predicted molar refractivity (Wildman–Crippen MR) is 56.0 cm³/mol. The van der Waals surface area contributed by atoms with Crippen molar-refractivity contribution in [3.05, 3.63) is 23.6 Å². The molecule has 1 fully saturated rings. The molecule has 0 radical (unpaired) electrons. The molecule has 1 atom stereocenters. The second-order valence-electron chi connectivity index (χ2n) is 4.34. The summed E-state index contributed by atoms with van der Waals surface area (Å²) in [6, 6.07) is 0. The Morgan fingerprint density at radius 1 is 1.59 bits per heavy atom. The molecule has 17 heavy (non-hydrogen) atoms. The smallest absolute Gasteiger partial charge is 0.229 e. The van der Waals surface area contributed by atoms with Gasteiger partial charge in [0.05, 0.1) is 12.3 Å². The Hall–Kier alpha value is -1.76. The summed E-state index contributed by atoms with van der Waals surface area (Å²) in [7, 11) is 0. The van der Waals surface area contributed by atoms with E-state index in [0.717, 1.165) is 18.7 Å². The van der Waals surface area contributed by atoms with Gasteiger partial charge in [0.2, 0.25) is 5.89 Å². The van der Waals surface area contributed by atoms with Gasteiger partial charge in [0.25, 0.3) is 0 Å². The van der Waals surface area contributed by atoms with Gasteiger partial charge < -0.3 is 9.63 Å². The van der Waals surface area contributed by atoms with E-state index in [1.54, 1.807) is 17.8 Å². The fourth-order valence-corrected chi connectivity index (χ4v) is 1.55. The molecule has 0 aromatic carbocycles. The fraction of sp³-hybridized carbons (Fsp3) is 0.600. The highest BCUT2D eigenvalue weighted by atomic mass is 16.5. The van der Waals surface area contributed by atoms with Crippen LogP contribution in [0.15, 0.2) is 10.7 Å². The standard InChI is InChI=1S/C10H13N5O2/c1-6(16)8-4-15(14-12-8)5-9-11-10(17-13-9)7-2-3-7/h4,6-7,16H,2-3,5H2,1H3. The molecular weight excluding hydrogens is 222 g/mol. The number of hydrogen-bond donors (Lipinski definition) is 1. The minimum Gasteiger partial charge on any atom is -0.387 e. The van der Waals surface area contributed by atoms with E-state index in [1.165, 1.54) is 0 Å². The van der Waals surface area contributed by atoms with E-state index in [-0.39, 0.29) is 0 Å². The van der Waals surface area contributed by atoms with Gasteiger partial charge in [-0.3, -0.25) is 0 Å². The minimum absolute atomic E-state index is 0.413. The third kappa shape index (κ3) is 2.19. The summed E-state index contributed by atoms with van der Waals surface area (Å²) in [6.07, 6.45) is 3.34. The minimum atomic E-state index is -0.615. The number of aliphatic hydroxyl groups excluding tert-OH is 1. The second-order valence-corrected chi connectivity index (χ2v) is 4.34. The zero-order valence-electron chi connectivity index (χ0n) is 9.44. The molecule has 90 valence electrons. The van der Waals surface area contributed by atoms with Crippen LogP contribution in [-0.4, -0.2) is 30.2 Å². The zero-order valence-corrected chi connectivity index (χ0v) is 9.44. The molecule has 1 aliphatic rings. The maximum absolute atomic E-state index is 9.32. The number of rotatable bonds is 4. The first-order valence-corrected chi connectivity index (χ1v) is 5.63. The highest BCUT2D eigenvalue weighted by Gasteiger charge is 2.29. The lowest BCUT2D eigenvalue weighted by Crippen LogP contribution is -2.02. The lowest BCUT2D eigenvalue weighted by Gasteiger charge is -1.95. The van der Waals surface area contributed by atoms with E-state index in [1.807, 2.05) is 0 Å². The highest BCUT2D eigenvalue weighted by Crippen LogP contribution is 2.38. The monoisotopic (exact) mass is 235 g/mol. The van der Waals surface area contributed by atoms with Crippen LogP contribution in [0.5, 0.6) is 0 Å². The Morgan fingerprint density at radius 3 is 3.06 bits per heavy atom. The molecule has 1 aliphatic carbocycles. The van der Waals surface area contributed by atoms with Crippen molar-refractivity contribution in [1.82, 2.24) is 25.1 Å². The maximum Gasteiger partial charge on any atom is 0.229 e. The molecule has 0 bridgehead atoms. The van der Waals surface area contributed by atoms with Crippen molar-refractivity contribution < 1.29 is 9.63 Å². The Labute approximate surface area is 97.4 Å². The Kier molecular flexibility index (Phi) is 2.40. The van der Waals surface area contributed by atoms with Crippen LogP contribution < -0.4 is 0 Å². The molecule has 1 unspecified atom stereocenters. The van der Waals surface area contributed by atoms with E-state index in [4.69, 9.17) is 4.52 Å². The van der Waals surface area contributed by atoms with Crippen molar-refractivity contribution in [3.8, 4) is 0 Å². The summed E-state index contributed by atoms with van der Waals surface area (Å²) in [5, 5.41) is 20.9. The summed E-state index contributed by atoms with van der Waals surface area (Å²) in [5.41, 5.74) is 0.538. The van der Waals surface area contributed by atoms with Gasteiger partial charge in [0.15, 0.2) is 5.82 Å². The van der Waals surface area contributed by atoms with Gasteiger partial charge in [0.1, 0.15) is 12.2 Å². The third-order valence-corrected chi connectivity index (χ3v) is 2.70. The molecule has 0 aliphatic heterocycles. The van der Waals surface area contributed by atoms with Gasteiger partial charge in [-0.1, -0.05) is 10.4 Å². The van der Waals surface area contributed by atoms with Crippen LogP contribution in [0.2, 0.25) is 0 Å². The summed E-state index contributed by atoms with van der Waals surface area (Å²) < 4.78 is 6.73. The second kappa shape index (κ2) is 3.92. The first-order valence-electron chi connectivity index (χ1n) is 5.63. The molecule has 0 saturated heterocycles. The van der Waals surface area contributed by atoms with Crippen molar-refractivity contribution in [2.75, 3.05) is 0 Å². The summed E-state index contributed by atoms with van der Waals surface area (Å²) in [4.78, 5) is 4.29. The van der Waals surface area contributed by atoms with Gasteiger partial charge >= 0.3 is 0 Å². The van der Waals surface area contributed by atoms with E-state index >= 15 is 0 Å². The lowest BCUT2D eigenvalue weighted by atomic mass is 10.3. The molecule has 3 rings (SSSR count). The van der Waals surface area contributed by atoms with Crippen molar-refractivity contribution >= 4 is 0 Å². The van der Waals surface area contributed by atoms with Gasteiger partial charge in [-0.25, -0.2) is 4.68 Å². The number of nitrogens with zero attached hydrogens (tertiary/aromatic N) is 5. The molecule has 7 nitrogen and oxygen atoms in total. The van der Waals surface area contributed by atoms with Gasteiger partial charge in [0, 0.05) is 5.92 Å². The largest absolute Gasteiger partial charge is 0.387 e. The molecule has 0 spiro atoms. The number of hydrogen-bond acceptors (Lipinski definition) is 6. The fourth-order valence-electron chi connectivity index (χ4n) is 1.55. The van der Waals surface area contributed by atoms with Crippen LogP contribution in [0, 0.1) is 0 Å². The molecule has 2 aromatic rings. The predicted octanol–water partition coefficient (Wildman–Crippen LogP) is 0.640. The van der Waals surface area contributed by atoms with Gasteiger partial charge in [-0.05, 0) is 19.8 Å². The van der Waals surface area contributed by atoms with Gasteiger partial charge in [-0.2, -0.15) is 4.98 Å². The molecule has 0 amide bonds. The quantitative estimate of drug-likeness (QED) is 0.836. The zero-order chi connectivity index (χ0) is 11.8. The van der Waals surface area contributed by atoms with Gasteiger partial charge in [-0.15, -0.1) is 5.10 Å². The van der Waals surface area contributed by atoms with Crippen molar-refractivity contribution in [3.63, 3.8) is 0 Å². The number of aromatic nitrogens is 5. The summed E-state index contributed by atoms with van der Waals surface area (Å²) in [5.74, 6) is 1.77. The van der Waals surface area contributed by atoms with Crippen LogP contribution >= 0.6 is 0 Å². The van der Waals surface area contributed by atoms with Crippen LogP contribution in [0.3, 0.4) is 0 Å². The molecule has 1 N–H and O–H groups in total. The van der Waals surface area contributed by atoms with E-state index in [9.17, 15) is 5.11 Å². The van der Waals surface area contributed by atoms with Crippen LogP contribution in [0.25, 0.3) is 0 Å². The van der Waals surface area contributed by atoms with E-state index < -0.39 is 6.10 Å². The third-order valence-electron chi connectivity index (χ3n) is 2.70. The van der Waals surface area contributed by atoms with Crippen molar-refractivity contribution in [1.29, 1.82) is 0 Å². The normalized spacial score (nSPS) is 17.3. The molecular formula is C10H13N5O2. The summed E-state index contributed by atoms with van der Waals surface area (Å²) >= 11 is 0. The average Bonchev–Trinajstić information content (AvgIpc) is 2.87. The SMILES string of the molecule is CC(O)c1cn(Cc2noc(C3CC3)n2)nn1. The van der Waals surface area contributed by atoms with Crippen LogP contribution in [0.1, 0.15) is 49.2 Å². The molecule has 7 heteroatoms. The van der Waals surface area contributed by atoms with E-state index in [2.05, 4.69) is 20.5 Å². The van der Waals surface area contributed by atoms with Crippen LogP contribution in [-0.2, 0) is 6.54 Å². The topological polar surface area (TPSA) is 89.9 Å². The number of aliphatic hydroxyl groups is 1. The van der Waals surface area contributed by atoms with Crippen molar-refractivity contribution in [2.45, 2.75) is 38.3 Å².